The van der Waals surface area contributed by atoms with Crippen LogP contribution in [0.15, 0.2) is 73.1 Å². The lowest BCUT2D eigenvalue weighted by Gasteiger charge is -2.22. The third kappa shape index (κ3) is 4.35. The van der Waals surface area contributed by atoms with Crippen LogP contribution in [0.2, 0.25) is 5.02 Å². The van der Waals surface area contributed by atoms with E-state index in [4.69, 9.17) is 23.8 Å². The summed E-state index contributed by atoms with van der Waals surface area (Å²) in [6.07, 6.45) is 3.56. The molecule has 0 spiro atoms. The summed E-state index contributed by atoms with van der Waals surface area (Å²) < 4.78 is 0. The molecule has 0 saturated carbocycles. The van der Waals surface area contributed by atoms with E-state index in [1.807, 2.05) is 55.5 Å². The van der Waals surface area contributed by atoms with Crippen molar-refractivity contribution in [3.05, 3.63) is 94.8 Å². The summed E-state index contributed by atoms with van der Waals surface area (Å²) in [5.74, 6) is 0. The van der Waals surface area contributed by atoms with E-state index in [0.29, 0.717) is 10.1 Å². The Kier molecular flexibility index (Phi) is 5.64. The van der Waals surface area contributed by atoms with Gasteiger partial charge in [0, 0.05) is 23.1 Å². The van der Waals surface area contributed by atoms with Gasteiger partial charge in [-0.15, -0.1) is 0 Å². The Morgan fingerprint density at radius 2 is 1.64 bits per heavy atom. The quantitative estimate of drug-likeness (QED) is 0.627. The number of nitrogens with one attached hydrogen (secondary N) is 2. The second kappa shape index (κ2) is 8.10. The molecule has 0 fully saturated rings. The number of pyridine rings is 1. The van der Waals surface area contributed by atoms with Crippen molar-refractivity contribution in [1.82, 2.24) is 10.3 Å². The van der Waals surface area contributed by atoms with Gasteiger partial charge in [-0.25, -0.2) is 0 Å². The van der Waals surface area contributed by atoms with Crippen LogP contribution in [0.5, 0.6) is 0 Å². The molecular formula is C20H18ClN3S. The van der Waals surface area contributed by atoms with Gasteiger partial charge in [-0.3, -0.25) is 4.98 Å². The molecule has 126 valence electrons. The molecule has 2 N–H and O–H groups in total. The largest absolute Gasteiger partial charge is 0.352 e. The molecular weight excluding hydrogens is 350 g/mol. The minimum atomic E-state index is -0.0660. The molecule has 0 unspecified atom stereocenters. The van der Waals surface area contributed by atoms with Crippen molar-refractivity contribution in [1.29, 1.82) is 0 Å². The molecule has 0 radical (unpaired) electrons. The number of hydrogen-bond acceptors (Lipinski definition) is 2. The number of thiocarbonyl (C=S) groups is 1. The predicted octanol–water partition coefficient (Wildman–Crippen LogP) is 5.12. The average molecular weight is 368 g/mol. The van der Waals surface area contributed by atoms with E-state index >= 15 is 0 Å². The number of rotatable bonds is 4. The number of anilines is 1. The molecule has 0 aliphatic heterocycles. The lowest BCUT2D eigenvalue weighted by Crippen LogP contribution is -2.33. The summed E-state index contributed by atoms with van der Waals surface area (Å²) >= 11 is 11.7. The van der Waals surface area contributed by atoms with E-state index in [1.165, 1.54) is 0 Å². The third-order valence-electron chi connectivity index (χ3n) is 3.96. The summed E-state index contributed by atoms with van der Waals surface area (Å²) in [5.41, 5.74) is 4.08. The Morgan fingerprint density at radius 3 is 2.36 bits per heavy atom. The van der Waals surface area contributed by atoms with Crippen LogP contribution in [0, 0.1) is 6.92 Å². The van der Waals surface area contributed by atoms with E-state index in [2.05, 4.69) is 27.8 Å². The highest BCUT2D eigenvalue weighted by Crippen LogP contribution is 2.24. The first kappa shape index (κ1) is 17.4. The molecule has 25 heavy (non-hydrogen) atoms. The van der Waals surface area contributed by atoms with Crippen molar-refractivity contribution >= 4 is 34.6 Å². The molecule has 3 nitrogen and oxygen atoms in total. The van der Waals surface area contributed by atoms with Gasteiger partial charge in [0.25, 0.3) is 0 Å². The van der Waals surface area contributed by atoms with Gasteiger partial charge in [0.15, 0.2) is 5.11 Å². The van der Waals surface area contributed by atoms with Gasteiger partial charge in [0.05, 0.1) is 6.04 Å². The molecule has 1 aromatic heterocycles. The van der Waals surface area contributed by atoms with Crippen LogP contribution < -0.4 is 10.6 Å². The Labute approximate surface area is 158 Å². The molecule has 2 aromatic carbocycles. The monoisotopic (exact) mass is 367 g/mol. The fourth-order valence-electron chi connectivity index (χ4n) is 2.59. The van der Waals surface area contributed by atoms with Crippen molar-refractivity contribution in [3.63, 3.8) is 0 Å². The van der Waals surface area contributed by atoms with E-state index in [-0.39, 0.29) is 6.04 Å². The maximum Gasteiger partial charge on any atom is 0.171 e. The maximum atomic E-state index is 6.18. The second-order valence-corrected chi connectivity index (χ2v) is 6.45. The van der Waals surface area contributed by atoms with Crippen LogP contribution in [-0.4, -0.2) is 10.1 Å². The Bertz CT molecular complexity index is 814. The SMILES string of the molecule is Cc1c(Cl)cccc1NC(=S)N[C@@H](c1ccccc1)c1ccncc1. The van der Waals surface area contributed by atoms with Crippen molar-refractivity contribution in [2.75, 3.05) is 5.32 Å². The first-order valence-corrected chi connectivity index (χ1v) is 8.71. The zero-order valence-electron chi connectivity index (χ0n) is 13.7. The molecule has 3 aromatic rings. The smallest absolute Gasteiger partial charge is 0.171 e. The van der Waals surface area contributed by atoms with Crippen molar-refractivity contribution < 1.29 is 0 Å². The summed E-state index contributed by atoms with van der Waals surface area (Å²) in [7, 11) is 0. The van der Waals surface area contributed by atoms with E-state index in [0.717, 1.165) is 22.4 Å². The zero-order chi connectivity index (χ0) is 17.6. The Balaban J connectivity index is 1.83. The number of aromatic nitrogens is 1. The van der Waals surface area contributed by atoms with Crippen LogP contribution in [0.1, 0.15) is 22.7 Å². The lowest BCUT2D eigenvalue weighted by atomic mass is 10.00. The number of hydrogen-bond donors (Lipinski definition) is 2. The minimum Gasteiger partial charge on any atom is -0.352 e. The highest BCUT2D eigenvalue weighted by atomic mass is 35.5. The molecule has 1 atom stereocenters. The molecule has 0 bridgehead atoms. The Morgan fingerprint density at radius 1 is 0.960 bits per heavy atom. The van der Waals surface area contributed by atoms with Crippen molar-refractivity contribution in [2.45, 2.75) is 13.0 Å². The highest BCUT2D eigenvalue weighted by molar-refractivity contribution is 7.80. The van der Waals surface area contributed by atoms with Crippen LogP contribution in [0.3, 0.4) is 0 Å². The van der Waals surface area contributed by atoms with E-state index in [1.54, 1.807) is 12.4 Å². The summed E-state index contributed by atoms with van der Waals surface area (Å²) in [4.78, 5) is 4.10. The first-order chi connectivity index (χ1) is 12.1. The molecule has 0 saturated heterocycles. The van der Waals surface area contributed by atoms with Gasteiger partial charge in [-0.05, 0) is 60.1 Å². The fourth-order valence-corrected chi connectivity index (χ4v) is 3.00. The van der Waals surface area contributed by atoms with E-state index < -0.39 is 0 Å². The number of benzene rings is 2. The van der Waals surface area contributed by atoms with Crippen LogP contribution >= 0.6 is 23.8 Å². The Hall–Kier alpha value is -2.43. The van der Waals surface area contributed by atoms with Gasteiger partial charge in [-0.2, -0.15) is 0 Å². The number of nitrogens with zero attached hydrogens (tertiary/aromatic N) is 1. The van der Waals surface area contributed by atoms with Gasteiger partial charge >= 0.3 is 0 Å². The average Bonchev–Trinajstić information content (AvgIpc) is 2.65. The molecule has 0 amide bonds. The topological polar surface area (TPSA) is 37.0 Å². The third-order valence-corrected chi connectivity index (χ3v) is 4.59. The minimum absolute atomic E-state index is 0.0660. The van der Waals surface area contributed by atoms with Crippen molar-refractivity contribution in [3.8, 4) is 0 Å². The zero-order valence-corrected chi connectivity index (χ0v) is 15.3. The van der Waals surface area contributed by atoms with E-state index in [9.17, 15) is 0 Å². The second-order valence-electron chi connectivity index (χ2n) is 5.64. The van der Waals surface area contributed by atoms with Crippen LogP contribution in [0.4, 0.5) is 5.69 Å². The van der Waals surface area contributed by atoms with Gasteiger partial charge < -0.3 is 10.6 Å². The summed E-state index contributed by atoms with van der Waals surface area (Å²) in [6.45, 7) is 1.96. The lowest BCUT2D eigenvalue weighted by molar-refractivity contribution is 0.766. The molecule has 5 heteroatoms. The fraction of sp³-hybridized carbons (Fsp3) is 0.100. The molecule has 0 aliphatic carbocycles. The first-order valence-electron chi connectivity index (χ1n) is 7.92. The van der Waals surface area contributed by atoms with Gasteiger partial charge in [-0.1, -0.05) is 48.0 Å². The summed E-state index contributed by atoms with van der Waals surface area (Å²) in [5, 5.41) is 7.88. The summed E-state index contributed by atoms with van der Waals surface area (Å²) in [6, 6.07) is 19.8. The van der Waals surface area contributed by atoms with Gasteiger partial charge in [0.2, 0.25) is 0 Å². The molecule has 3 rings (SSSR count). The molecule has 1 heterocycles. The number of halogens is 1. The highest BCUT2D eigenvalue weighted by Gasteiger charge is 2.15. The molecule has 0 aliphatic rings. The van der Waals surface area contributed by atoms with Gasteiger partial charge in [0.1, 0.15) is 0 Å². The van der Waals surface area contributed by atoms with Crippen LogP contribution in [-0.2, 0) is 0 Å². The van der Waals surface area contributed by atoms with Crippen molar-refractivity contribution in [2.24, 2.45) is 0 Å². The standard InChI is InChI=1S/C20H18ClN3S/c1-14-17(21)8-5-9-18(14)23-20(25)24-19(15-6-3-2-4-7-15)16-10-12-22-13-11-16/h2-13,19H,1H3,(H2,23,24,25)/t19-/m0/s1. The normalized spacial score (nSPS) is 11.6. The predicted molar refractivity (Wildman–Crippen MR) is 108 cm³/mol. The van der Waals surface area contributed by atoms with Crippen LogP contribution in [0.25, 0.3) is 0 Å². The maximum absolute atomic E-state index is 6.18.